The first-order chi connectivity index (χ1) is 22.2. The summed E-state index contributed by atoms with van der Waals surface area (Å²) in [7, 11) is 0. The first kappa shape index (κ1) is 35.1. The van der Waals surface area contributed by atoms with Crippen molar-refractivity contribution < 1.29 is 28.2 Å². The number of halogens is 1. The van der Waals surface area contributed by atoms with Crippen molar-refractivity contribution in [2.24, 2.45) is 0 Å². The van der Waals surface area contributed by atoms with Crippen LogP contribution in [-0.2, 0) is 40.1 Å². The Kier molecular flexibility index (Phi) is 11.4. The highest BCUT2D eigenvalue weighted by Crippen LogP contribution is 2.31. The van der Waals surface area contributed by atoms with E-state index in [1.54, 1.807) is 58.3 Å². The zero-order valence-electron chi connectivity index (χ0n) is 28.4. The van der Waals surface area contributed by atoms with Gasteiger partial charge in [-0.15, -0.1) is 0 Å². The maximum atomic E-state index is 16.2. The van der Waals surface area contributed by atoms with E-state index in [2.05, 4.69) is 16.4 Å². The summed E-state index contributed by atoms with van der Waals surface area (Å²) in [4.78, 5) is 29.1. The molecule has 0 aliphatic rings. The van der Waals surface area contributed by atoms with Gasteiger partial charge in [-0.2, -0.15) is 0 Å². The van der Waals surface area contributed by atoms with Gasteiger partial charge in [0.25, 0.3) is 0 Å². The largest absolute Gasteiger partial charge is 0.489 e. The van der Waals surface area contributed by atoms with Gasteiger partial charge in [0.05, 0.1) is 12.5 Å². The van der Waals surface area contributed by atoms with Crippen molar-refractivity contribution in [2.75, 3.05) is 0 Å². The van der Waals surface area contributed by atoms with Gasteiger partial charge in [-0.05, 0) is 108 Å². The van der Waals surface area contributed by atoms with Gasteiger partial charge in [0.2, 0.25) is 0 Å². The summed E-state index contributed by atoms with van der Waals surface area (Å²) >= 11 is 0. The Morgan fingerprint density at radius 1 is 0.809 bits per heavy atom. The van der Waals surface area contributed by atoms with E-state index in [1.165, 1.54) is 0 Å². The van der Waals surface area contributed by atoms with E-state index in [4.69, 9.17) is 14.2 Å². The number of nitrogens with zero attached hydrogens (tertiary/aromatic N) is 1. The molecule has 0 saturated heterocycles. The van der Waals surface area contributed by atoms with Gasteiger partial charge in [-0.1, -0.05) is 48.5 Å². The van der Waals surface area contributed by atoms with Crippen LogP contribution in [-0.4, -0.2) is 28.2 Å². The lowest BCUT2D eigenvalue weighted by atomic mass is 9.94. The third-order valence-corrected chi connectivity index (χ3v) is 7.17. The fourth-order valence-electron chi connectivity index (χ4n) is 5.14. The lowest BCUT2D eigenvalue weighted by Crippen LogP contribution is -2.34. The molecule has 1 amide bonds. The number of ether oxygens (including phenoxy) is 3. The zero-order valence-corrected chi connectivity index (χ0v) is 28.4. The number of carbonyl (C=O) groups is 2. The van der Waals surface area contributed by atoms with Crippen molar-refractivity contribution >= 4 is 12.1 Å². The Balaban J connectivity index is 1.62. The molecular formula is C39H45FN2O5. The molecule has 0 aliphatic carbocycles. The highest BCUT2D eigenvalue weighted by molar-refractivity contribution is 5.74. The minimum Gasteiger partial charge on any atom is -0.489 e. The molecule has 1 aromatic heterocycles. The molecule has 0 aliphatic heterocycles. The van der Waals surface area contributed by atoms with Crippen LogP contribution < -0.4 is 10.1 Å². The molecule has 47 heavy (non-hydrogen) atoms. The topological polar surface area (TPSA) is 86.8 Å². The van der Waals surface area contributed by atoms with Gasteiger partial charge < -0.3 is 19.5 Å². The smallest absolute Gasteiger partial charge is 0.408 e. The Bertz CT molecular complexity index is 1680. The van der Waals surface area contributed by atoms with Crippen molar-refractivity contribution in [2.45, 2.75) is 91.6 Å². The molecule has 3 aromatic carbocycles. The van der Waals surface area contributed by atoms with Gasteiger partial charge in [-0.3, -0.25) is 9.78 Å². The summed E-state index contributed by atoms with van der Waals surface area (Å²) in [6, 6.07) is 21.9. The van der Waals surface area contributed by atoms with Crippen molar-refractivity contribution in [3.8, 4) is 16.9 Å². The maximum absolute atomic E-state index is 16.2. The second-order valence-electron chi connectivity index (χ2n) is 13.6. The third kappa shape index (κ3) is 10.9. The summed E-state index contributed by atoms with van der Waals surface area (Å²) in [5.74, 6) is -0.172. The number of esters is 1. The summed E-state index contributed by atoms with van der Waals surface area (Å²) in [6.07, 6.45) is 4.51. The van der Waals surface area contributed by atoms with Crippen LogP contribution in [0.4, 0.5) is 9.18 Å². The molecule has 248 valence electrons. The van der Waals surface area contributed by atoms with E-state index in [1.807, 2.05) is 69.3 Å². The second kappa shape index (κ2) is 15.2. The highest BCUT2D eigenvalue weighted by Gasteiger charge is 2.22. The number of benzene rings is 3. The lowest BCUT2D eigenvalue weighted by Gasteiger charge is -2.22. The van der Waals surface area contributed by atoms with Crippen LogP contribution in [0, 0.1) is 5.82 Å². The predicted octanol–water partition coefficient (Wildman–Crippen LogP) is 8.72. The first-order valence-electron chi connectivity index (χ1n) is 15.9. The number of carbonyl (C=O) groups excluding carboxylic acids is 2. The number of amides is 1. The Morgan fingerprint density at radius 3 is 2.17 bits per heavy atom. The monoisotopic (exact) mass is 640 g/mol. The number of aromatic nitrogens is 1. The van der Waals surface area contributed by atoms with Crippen LogP contribution in [0.2, 0.25) is 0 Å². The van der Waals surface area contributed by atoms with E-state index in [9.17, 15) is 9.59 Å². The summed E-state index contributed by atoms with van der Waals surface area (Å²) < 4.78 is 33.3. The molecule has 1 unspecified atom stereocenters. The second-order valence-corrected chi connectivity index (χ2v) is 13.6. The molecular weight excluding hydrogens is 595 g/mol. The van der Waals surface area contributed by atoms with Gasteiger partial charge in [0.15, 0.2) is 0 Å². The number of hydrogen-bond donors (Lipinski definition) is 1. The zero-order chi connectivity index (χ0) is 34.2. The third-order valence-electron chi connectivity index (χ3n) is 7.17. The van der Waals surface area contributed by atoms with Crippen molar-refractivity contribution in [3.63, 3.8) is 0 Å². The molecule has 1 heterocycles. The van der Waals surface area contributed by atoms with Crippen LogP contribution in [0.1, 0.15) is 82.3 Å². The Hall–Kier alpha value is -4.72. The molecule has 0 fully saturated rings. The first-order valence-corrected chi connectivity index (χ1v) is 15.9. The Labute approximate surface area is 277 Å². The molecule has 8 heteroatoms. The predicted molar refractivity (Wildman–Crippen MR) is 182 cm³/mol. The maximum Gasteiger partial charge on any atom is 0.408 e. The number of rotatable bonds is 11. The quantitative estimate of drug-likeness (QED) is 0.165. The average Bonchev–Trinajstić information content (AvgIpc) is 2.98. The van der Waals surface area contributed by atoms with Crippen molar-refractivity contribution in [3.05, 3.63) is 119 Å². The molecule has 0 radical (unpaired) electrons. The minimum absolute atomic E-state index is 0.0815. The summed E-state index contributed by atoms with van der Waals surface area (Å²) in [5, 5.41) is 2.74. The Morgan fingerprint density at radius 2 is 1.47 bits per heavy atom. The molecule has 1 atom stereocenters. The van der Waals surface area contributed by atoms with Gasteiger partial charge in [0.1, 0.15) is 29.4 Å². The van der Waals surface area contributed by atoms with Gasteiger partial charge in [0, 0.05) is 29.1 Å². The number of alkyl carbamates (subject to hydrolysis) is 1. The molecule has 0 spiro atoms. The highest BCUT2D eigenvalue weighted by atomic mass is 19.1. The molecule has 7 nitrogen and oxygen atoms in total. The normalized spacial score (nSPS) is 12.3. The molecule has 4 aromatic rings. The van der Waals surface area contributed by atoms with Gasteiger partial charge >= 0.3 is 12.1 Å². The van der Waals surface area contributed by atoms with E-state index in [0.717, 1.165) is 35.1 Å². The number of aryl methyl sites for hydroxylation is 2. The van der Waals surface area contributed by atoms with Crippen LogP contribution in [0.3, 0.4) is 0 Å². The average molecular weight is 641 g/mol. The fraction of sp³-hybridized carbons (Fsp3) is 0.359. The summed E-state index contributed by atoms with van der Waals surface area (Å²) in [5.41, 5.74) is 3.94. The number of hydrogen-bond acceptors (Lipinski definition) is 6. The van der Waals surface area contributed by atoms with E-state index in [0.29, 0.717) is 22.4 Å². The van der Waals surface area contributed by atoms with Crippen molar-refractivity contribution in [1.29, 1.82) is 0 Å². The molecule has 0 saturated carbocycles. The molecule has 0 bridgehead atoms. The van der Waals surface area contributed by atoms with E-state index >= 15 is 4.39 Å². The van der Waals surface area contributed by atoms with E-state index in [-0.39, 0.29) is 19.0 Å². The standard InChI is InChI=1S/C39H45FN2O5/c1-26(42-37(44)47-39(5,6)7)32-12-10-13-33(36(32)40)31-22-28(16-15-27-17-19-41-20-18-27)21-29(23-31)25-45-34-14-9-8-11-30(34)24-35(43)46-38(2,3)4/h8-14,17-23,26H,15-16,24-25H2,1-7H3,(H,42,44). The van der Waals surface area contributed by atoms with Crippen LogP contribution >= 0.6 is 0 Å². The minimum atomic E-state index is -0.671. The molecule has 4 rings (SSSR count). The van der Waals surface area contributed by atoms with Gasteiger partial charge in [-0.25, -0.2) is 9.18 Å². The fourth-order valence-corrected chi connectivity index (χ4v) is 5.14. The van der Waals surface area contributed by atoms with Crippen molar-refractivity contribution in [1.82, 2.24) is 10.3 Å². The molecule has 1 N–H and O–H groups in total. The summed E-state index contributed by atoms with van der Waals surface area (Å²) in [6.45, 7) is 12.8. The van der Waals surface area contributed by atoms with Crippen LogP contribution in [0.5, 0.6) is 5.75 Å². The lowest BCUT2D eigenvalue weighted by molar-refractivity contribution is -0.153. The van der Waals surface area contributed by atoms with E-state index < -0.39 is 29.2 Å². The van der Waals surface area contributed by atoms with Crippen LogP contribution in [0.25, 0.3) is 11.1 Å². The number of pyridine rings is 1. The number of para-hydroxylation sites is 1. The SMILES string of the molecule is CC(NC(=O)OC(C)(C)C)c1cccc(-c2cc(CCc3ccncc3)cc(COc3ccccc3CC(=O)OC(C)(C)C)c2)c1F. The number of nitrogens with one attached hydrogen (secondary N) is 1. The van der Waals surface area contributed by atoms with Crippen LogP contribution in [0.15, 0.2) is 85.2 Å².